The first-order valence-electron chi connectivity index (χ1n) is 5.89. The first-order valence-corrected chi connectivity index (χ1v) is 5.89. The fourth-order valence-corrected chi connectivity index (χ4v) is 1.23. The van der Waals surface area contributed by atoms with E-state index in [-0.39, 0.29) is 22.3 Å². The third-order valence-electron chi connectivity index (χ3n) is 1.90. The van der Waals surface area contributed by atoms with Crippen LogP contribution >= 0.6 is 0 Å². The molecule has 112 valence electrons. The predicted molar refractivity (Wildman–Crippen MR) is 87.5 cm³/mol. The lowest BCUT2D eigenvalue weighted by atomic mass is 9.98. The van der Waals surface area contributed by atoms with Crippen molar-refractivity contribution in [2.75, 3.05) is 0 Å². The summed E-state index contributed by atoms with van der Waals surface area (Å²) in [6, 6.07) is 0. The van der Waals surface area contributed by atoms with E-state index in [4.69, 9.17) is 0 Å². The molecular weight excluding hydrogens is 220 g/mol. The molecule has 0 radical (unpaired) electrons. The number of rotatable bonds is 2. The number of hydrogen-bond acceptors (Lipinski definition) is 1. The standard InChI is InChI=1S/C9H16N2.C4H10.3CH4/c1-6(2)8-5-10-11-9(8)7(3)4;1-4(2)3;;;/h5-7H,1-4H3,(H,10,11);4H,1-3H3;3*1H4. The van der Waals surface area contributed by atoms with Gasteiger partial charge in [0, 0.05) is 5.69 Å². The second kappa shape index (κ2) is 12.7. The number of hydrogen-bond donors (Lipinski definition) is 1. The Labute approximate surface area is 117 Å². The third-order valence-corrected chi connectivity index (χ3v) is 1.90. The molecule has 0 unspecified atom stereocenters. The molecule has 0 aliphatic rings. The second-order valence-corrected chi connectivity index (χ2v) is 5.28. The highest BCUT2D eigenvalue weighted by Gasteiger charge is 2.10. The van der Waals surface area contributed by atoms with Crippen LogP contribution in [0.15, 0.2) is 6.20 Å². The summed E-state index contributed by atoms with van der Waals surface area (Å²) in [4.78, 5) is 0. The Morgan fingerprint density at radius 3 is 1.44 bits per heavy atom. The van der Waals surface area contributed by atoms with Crippen molar-refractivity contribution in [1.82, 2.24) is 10.2 Å². The van der Waals surface area contributed by atoms with Crippen molar-refractivity contribution in [1.29, 1.82) is 0 Å². The lowest BCUT2D eigenvalue weighted by Crippen LogP contribution is -1.95. The highest BCUT2D eigenvalue weighted by Crippen LogP contribution is 2.22. The van der Waals surface area contributed by atoms with Crippen LogP contribution in [0.3, 0.4) is 0 Å². The van der Waals surface area contributed by atoms with E-state index in [9.17, 15) is 0 Å². The minimum absolute atomic E-state index is 0. The van der Waals surface area contributed by atoms with Gasteiger partial charge in [-0.1, -0.05) is 70.7 Å². The monoisotopic (exact) mass is 258 g/mol. The molecule has 1 rings (SSSR count). The fraction of sp³-hybridized carbons (Fsp3) is 0.812. The van der Waals surface area contributed by atoms with Gasteiger partial charge in [0.25, 0.3) is 0 Å². The number of nitrogens with one attached hydrogen (secondary N) is 1. The molecule has 0 aromatic carbocycles. The SMILES string of the molecule is C.C.C.CC(C)C.CC(C)c1cn[nH]c1C(C)C. The summed E-state index contributed by atoms with van der Waals surface area (Å²) in [5.74, 6) is 1.96. The lowest BCUT2D eigenvalue weighted by Gasteiger charge is -2.07. The van der Waals surface area contributed by atoms with Crippen molar-refractivity contribution < 1.29 is 0 Å². The average molecular weight is 258 g/mol. The molecular formula is C16H38N2. The molecule has 2 nitrogen and oxygen atoms in total. The van der Waals surface area contributed by atoms with E-state index in [1.54, 1.807) is 0 Å². The molecule has 1 N–H and O–H groups in total. The van der Waals surface area contributed by atoms with Crippen molar-refractivity contribution in [2.24, 2.45) is 5.92 Å². The summed E-state index contributed by atoms with van der Waals surface area (Å²) in [5, 5.41) is 7.08. The van der Waals surface area contributed by atoms with Gasteiger partial charge in [0.1, 0.15) is 0 Å². The van der Waals surface area contributed by atoms with E-state index in [0.717, 1.165) is 5.92 Å². The Morgan fingerprint density at radius 1 is 0.833 bits per heavy atom. The van der Waals surface area contributed by atoms with Gasteiger partial charge in [-0.15, -0.1) is 0 Å². The fourth-order valence-electron chi connectivity index (χ4n) is 1.23. The van der Waals surface area contributed by atoms with Crippen LogP contribution < -0.4 is 0 Å². The molecule has 1 aromatic heterocycles. The van der Waals surface area contributed by atoms with Crippen molar-refractivity contribution in [3.8, 4) is 0 Å². The van der Waals surface area contributed by atoms with Crippen LogP contribution in [-0.2, 0) is 0 Å². The van der Waals surface area contributed by atoms with E-state index in [2.05, 4.69) is 58.7 Å². The van der Waals surface area contributed by atoms with Crippen LogP contribution in [0.1, 0.15) is 93.8 Å². The van der Waals surface area contributed by atoms with Gasteiger partial charge < -0.3 is 0 Å². The molecule has 0 fully saturated rings. The molecule has 2 heteroatoms. The predicted octanol–water partition coefficient (Wildman–Crippen LogP) is 6.23. The smallest absolute Gasteiger partial charge is 0.0524 e. The number of aromatic nitrogens is 2. The largest absolute Gasteiger partial charge is 0.282 e. The molecule has 0 amide bonds. The molecule has 0 spiro atoms. The Morgan fingerprint density at radius 2 is 1.22 bits per heavy atom. The van der Waals surface area contributed by atoms with Crippen molar-refractivity contribution >= 4 is 0 Å². The zero-order chi connectivity index (χ0) is 12.0. The third kappa shape index (κ3) is 10.4. The van der Waals surface area contributed by atoms with Gasteiger partial charge in [-0.25, -0.2) is 0 Å². The maximum absolute atomic E-state index is 4.04. The quantitative estimate of drug-likeness (QED) is 0.669. The van der Waals surface area contributed by atoms with E-state index in [1.807, 2.05) is 6.20 Å². The Hall–Kier alpha value is -0.790. The van der Waals surface area contributed by atoms with E-state index in [1.165, 1.54) is 11.3 Å². The summed E-state index contributed by atoms with van der Waals surface area (Å²) in [5.41, 5.74) is 2.62. The Bertz CT molecular complexity index is 235. The van der Waals surface area contributed by atoms with Gasteiger partial charge in [-0.3, -0.25) is 5.10 Å². The average Bonchev–Trinajstić information content (AvgIpc) is 2.49. The topological polar surface area (TPSA) is 28.7 Å². The molecule has 1 heterocycles. The summed E-state index contributed by atoms with van der Waals surface area (Å²) in [7, 11) is 0. The van der Waals surface area contributed by atoms with E-state index < -0.39 is 0 Å². The van der Waals surface area contributed by atoms with Crippen LogP contribution in [0.5, 0.6) is 0 Å². The van der Waals surface area contributed by atoms with Crippen LogP contribution in [-0.4, -0.2) is 10.2 Å². The number of aromatic amines is 1. The minimum Gasteiger partial charge on any atom is -0.282 e. The molecule has 0 bridgehead atoms. The Balaban J connectivity index is -0.000000125. The summed E-state index contributed by atoms with van der Waals surface area (Å²) in [6.07, 6.45) is 1.93. The molecule has 1 aromatic rings. The van der Waals surface area contributed by atoms with Crippen LogP contribution in [0.2, 0.25) is 0 Å². The summed E-state index contributed by atoms with van der Waals surface area (Å²) < 4.78 is 0. The van der Waals surface area contributed by atoms with Gasteiger partial charge in [-0.2, -0.15) is 5.10 Å². The normalized spacial score (nSPS) is 9.00. The molecule has 0 saturated carbocycles. The molecule has 0 aliphatic carbocycles. The van der Waals surface area contributed by atoms with E-state index in [0.29, 0.717) is 11.8 Å². The van der Waals surface area contributed by atoms with Gasteiger partial charge in [0.15, 0.2) is 0 Å². The van der Waals surface area contributed by atoms with Crippen molar-refractivity contribution in [3.05, 3.63) is 17.5 Å². The number of nitrogens with zero attached hydrogens (tertiary/aromatic N) is 1. The second-order valence-electron chi connectivity index (χ2n) is 5.28. The highest BCUT2D eigenvalue weighted by atomic mass is 15.1. The summed E-state index contributed by atoms with van der Waals surface area (Å²) >= 11 is 0. The van der Waals surface area contributed by atoms with Crippen molar-refractivity contribution in [3.63, 3.8) is 0 Å². The molecule has 18 heavy (non-hydrogen) atoms. The maximum Gasteiger partial charge on any atom is 0.0524 e. The lowest BCUT2D eigenvalue weighted by molar-refractivity contribution is 0.737. The minimum atomic E-state index is 0. The zero-order valence-electron chi connectivity index (χ0n) is 11.3. The first-order chi connectivity index (χ1) is 6.86. The Kier molecular flexibility index (Phi) is 18.2. The first kappa shape index (κ1) is 25.9. The van der Waals surface area contributed by atoms with Gasteiger partial charge in [0.2, 0.25) is 0 Å². The van der Waals surface area contributed by atoms with Gasteiger partial charge in [-0.05, 0) is 23.3 Å². The van der Waals surface area contributed by atoms with Gasteiger partial charge in [0.05, 0.1) is 6.20 Å². The number of H-pyrrole nitrogens is 1. The zero-order valence-corrected chi connectivity index (χ0v) is 11.3. The van der Waals surface area contributed by atoms with Gasteiger partial charge >= 0.3 is 0 Å². The molecule has 0 saturated heterocycles. The maximum atomic E-state index is 4.04. The van der Waals surface area contributed by atoms with Crippen LogP contribution in [0.4, 0.5) is 0 Å². The van der Waals surface area contributed by atoms with Crippen molar-refractivity contribution in [2.45, 2.75) is 82.6 Å². The molecule has 0 atom stereocenters. The van der Waals surface area contributed by atoms with E-state index >= 15 is 0 Å². The van der Waals surface area contributed by atoms with Crippen LogP contribution in [0.25, 0.3) is 0 Å². The van der Waals surface area contributed by atoms with Crippen LogP contribution in [0, 0.1) is 5.92 Å². The highest BCUT2D eigenvalue weighted by molar-refractivity contribution is 5.22. The summed E-state index contributed by atoms with van der Waals surface area (Å²) in [6.45, 7) is 15.2. The molecule has 0 aliphatic heterocycles.